The van der Waals surface area contributed by atoms with E-state index in [2.05, 4.69) is 10.3 Å². The lowest BCUT2D eigenvalue weighted by atomic mass is 9.98. The Morgan fingerprint density at radius 3 is 2.57 bits per heavy atom. The van der Waals surface area contributed by atoms with Crippen molar-refractivity contribution in [1.29, 1.82) is 0 Å². The molecule has 0 saturated heterocycles. The Morgan fingerprint density at radius 2 is 1.91 bits per heavy atom. The first-order valence-corrected chi connectivity index (χ1v) is 7.49. The molecule has 4 nitrogen and oxygen atoms in total. The summed E-state index contributed by atoms with van der Waals surface area (Å²) in [5.74, 6) is -0.299. The van der Waals surface area contributed by atoms with Crippen molar-refractivity contribution in [3.05, 3.63) is 54.1 Å². The molecular formula is C18H21FN2O2. The number of nitrogens with zero attached hydrogens (tertiary/aromatic N) is 1. The molecule has 5 heteroatoms. The molecule has 0 fully saturated rings. The van der Waals surface area contributed by atoms with E-state index in [0.29, 0.717) is 6.42 Å². The monoisotopic (exact) mass is 316 g/mol. The lowest BCUT2D eigenvalue weighted by Crippen LogP contribution is -2.41. The molecule has 0 atom stereocenters. The number of hydrogen-bond acceptors (Lipinski definition) is 3. The van der Waals surface area contributed by atoms with Gasteiger partial charge in [0.1, 0.15) is 5.82 Å². The average Bonchev–Trinajstić information content (AvgIpc) is 2.48. The molecular weight excluding hydrogens is 295 g/mol. The third kappa shape index (κ3) is 5.36. The maximum absolute atomic E-state index is 13.6. The van der Waals surface area contributed by atoms with Crippen LogP contribution in [0.1, 0.15) is 26.3 Å². The molecule has 23 heavy (non-hydrogen) atoms. The van der Waals surface area contributed by atoms with Crippen LogP contribution in [0.2, 0.25) is 0 Å². The summed E-state index contributed by atoms with van der Waals surface area (Å²) in [7, 11) is 0. The predicted molar refractivity (Wildman–Crippen MR) is 87.6 cm³/mol. The zero-order chi connectivity index (χ0) is 16.9. The Kier molecular flexibility index (Phi) is 5.32. The van der Waals surface area contributed by atoms with Crippen molar-refractivity contribution in [1.82, 2.24) is 10.3 Å². The molecule has 2 aromatic rings. The van der Waals surface area contributed by atoms with Gasteiger partial charge >= 0.3 is 6.09 Å². The fourth-order valence-electron chi connectivity index (χ4n) is 2.16. The van der Waals surface area contributed by atoms with Gasteiger partial charge in [0.2, 0.25) is 0 Å². The van der Waals surface area contributed by atoms with Crippen LogP contribution in [0.5, 0.6) is 0 Å². The minimum atomic E-state index is -0.454. The van der Waals surface area contributed by atoms with E-state index in [4.69, 9.17) is 4.74 Å². The number of nitrogens with one attached hydrogen (secondary N) is 1. The molecule has 1 amide bonds. The number of halogens is 1. The molecule has 0 radical (unpaired) electrons. The summed E-state index contributed by atoms with van der Waals surface area (Å²) < 4.78 is 18.7. The predicted octanol–water partition coefficient (Wildman–Crippen LogP) is 3.95. The summed E-state index contributed by atoms with van der Waals surface area (Å²) >= 11 is 0. The second kappa shape index (κ2) is 7.22. The Labute approximate surface area is 135 Å². The Morgan fingerprint density at radius 1 is 1.22 bits per heavy atom. The fraction of sp³-hybridized carbons (Fsp3) is 0.333. The molecule has 122 valence electrons. The fourth-order valence-corrected chi connectivity index (χ4v) is 2.16. The van der Waals surface area contributed by atoms with E-state index in [9.17, 15) is 9.18 Å². The van der Waals surface area contributed by atoms with Crippen LogP contribution in [0.4, 0.5) is 9.18 Å². The third-order valence-corrected chi connectivity index (χ3v) is 3.14. The van der Waals surface area contributed by atoms with Crippen LogP contribution in [0.15, 0.2) is 42.7 Å². The smallest absolute Gasteiger partial charge is 0.407 e. The second-order valence-corrected chi connectivity index (χ2v) is 6.30. The molecule has 0 aliphatic rings. The van der Waals surface area contributed by atoms with Gasteiger partial charge in [0, 0.05) is 24.4 Å². The van der Waals surface area contributed by atoms with Crippen molar-refractivity contribution < 1.29 is 13.9 Å². The van der Waals surface area contributed by atoms with Crippen LogP contribution in [-0.4, -0.2) is 23.2 Å². The largest absolute Gasteiger partial charge is 0.449 e. The van der Waals surface area contributed by atoms with Crippen molar-refractivity contribution >= 4 is 6.09 Å². The number of carbonyl (C=O) groups excluding carboxylic acids is 1. The molecule has 0 unspecified atom stereocenters. The second-order valence-electron chi connectivity index (χ2n) is 6.30. The van der Waals surface area contributed by atoms with E-state index in [-0.39, 0.29) is 18.0 Å². The van der Waals surface area contributed by atoms with Gasteiger partial charge < -0.3 is 10.1 Å². The third-order valence-electron chi connectivity index (χ3n) is 3.14. The van der Waals surface area contributed by atoms with Gasteiger partial charge in [-0.15, -0.1) is 0 Å². The van der Waals surface area contributed by atoms with E-state index in [1.807, 2.05) is 32.9 Å². The first kappa shape index (κ1) is 16.9. The molecule has 0 aliphatic heterocycles. The highest BCUT2D eigenvalue weighted by Gasteiger charge is 2.14. The molecule has 0 saturated carbocycles. The average molecular weight is 316 g/mol. The maximum Gasteiger partial charge on any atom is 0.407 e. The quantitative estimate of drug-likeness (QED) is 0.929. The number of amides is 1. The standard InChI is InChI=1S/C18H21FN2O2/c1-18(2,3)21-17(22)23-11-8-13-4-5-15(19)12-16(13)14-6-9-20-10-7-14/h4-7,9-10,12H,8,11H2,1-3H3,(H,21,22). The summed E-state index contributed by atoms with van der Waals surface area (Å²) in [5, 5.41) is 2.73. The van der Waals surface area contributed by atoms with E-state index < -0.39 is 6.09 Å². The van der Waals surface area contributed by atoms with Crippen molar-refractivity contribution in [2.24, 2.45) is 0 Å². The topological polar surface area (TPSA) is 51.2 Å². The SMILES string of the molecule is CC(C)(C)NC(=O)OCCc1ccc(F)cc1-c1ccncc1. The zero-order valence-corrected chi connectivity index (χ0v) is 13.6. The van der Waals surface area contributed by atoms with E-state index in [1.54, 1.807) is 18.5 Å². The van der Waals surface area contributed by atoms with Crippen molar-refractivity contribution in [3.8, 4) is 11.1 Å². The van der Waals surface area contributed by atoms with Gasteiger partial charge in [-0.25, -0.2) is 9.18 Å². The highest BCUT2D eigenvalue weighted by molar-refractivity contribution is 5.68. The maximum atomic E-state index is 13.6. The molecule has 0 aliphatic carbocycles. The molecule has 0 bridgehead atoms. The Hall–Kier alpha value is -2.43. The van der Waals surface area contributed by atoms with Gasteiger partial charge in [0.25, 0.3) is 0 Å². The number of rotatable bonds is 4. The van der Waals surface area contributed by atoms with E-state index in [1.165, 1.54) is 12.1 Å². The van der Waals surface area contributed by atoms with Gasteiger partial charge in [-0.1, -0.05) is 6.07 Å². The van der Waals surface area contributed by atoms with E-state index in [0.717, 1.165) is 16.7 Å². The number of alkyl carbamates (subject to hydrolysis) is 1. The van der Waals surface area contributed by atoms with E-state index >= 15 is 0 Å². The highest BCUT2D eigenvalue weighted by atomic mass is 19.1. The summed E-state index contributed by atoms with van der Waals surface area (Å²) in [6, 6.07) is 8.27. The number of hydrogen-bond donors (Lipinski definition) is 1. The number of carbonyl (C=O) groups is 1. The van der Waals surface area contributed by atoms with Crippen LogP contribution in [0, 0.1) is 5.82 Å². The molecule has 1 N–H and O–H groups in total. The van der Waals surface area contributed by atoms with Crippen LogP contribution in [-0.2, 0) is 11.2 Å². The van der Waals surface area contributed by atoms with Gasteiger partial charge in [0.15, 0.2) is 0 Å². The molecule has 2 rings (SSSR count). The summed E-state index contributed by atoms with van der Waals surface area (Å²) in [6.45, 7) is 5.88. The minimum absolute atomic E-state index is 0.228. The summed E-state index contributed by atoms with van der Waals surface area (Å²) in [4.78, 5) is 15.6. The number of ether oxygens (including phenoxy) is 1. The van der Waals surface area contributed by atoms with Gasteiger partial charge in [-0.3, -0.25) is 4.98 Å². The lowest BCUT2D eigenvalue weighted by molar-refractivity contribution is 0.139. The highest BCUT2D eigenvalue weighted by Crippen LogP contribution is 2.24. The Balaban J connectivity index is 2.05. The Bertz CT molecular complexity index is 666. The molecule has 1 heterocycles. The first-order valence-electron chi connectivity index (χ1n) is 7.49. The van der Waals surface area contributed by atoms with Gasteiger partial charge in [-0.2, -0.15) is 0 Å². The first-order chi connectivity index (χ1) is 10.8. The van der Waals surface area contributed by atoms with Crippen molar-refractivity contribution in [2.45, 2.75) is 32.7 Å². The van der Waals surface area contributed by atoms with Crippen LogP contribution in [0.25, 0.3) is 11.1 Å². The van der Waals surface area contributed by atoms with Crippen LogP contribution >= 0.6 is 0 Å². The normalized spacial score (nSPS) is 11.1. The van der Waals surface area contributed by atoms with Crippen molar-refractivity contribution in [3.63, 3.8) is 0 Å². The molecule has 1 aromatic carbocycles. The van der Waals surface area contributed by atoms with Crippen LogP contribution in [0.3, 0.4) is 0 Å². The zero-order valence-electron chi connectivity index (χ0n) is 13.6. The van der Waals surface area contributed by atoms with Gasteiger partial charge in [0.05, 0.1) is 6.61 Å². The number of aromatic nitrogens is 1. The number of benzene rings is 1. The minimum Gasteiger partial charge on any atom is -0.449 e. The molecule has 0 spiro atoms. The summed E-state index contributed by atoms with van der Waals surface area (Å²) in [6.07, 6.45) is 3.38. The molecule has 1 aromatic heterocycles. The van der Waals surface area contributed by atoms with Gasteiger partial charge in [-0.05, 0) is 61.7 Å². The van der Waals surface area contributed by atoms with Crippen molar-refractivity contribution in [2.75, 3.05) is 6.61 Å². The summed E-state index contributed by atoms with van der Waals surface area (Å²) in [5.41, 5.74) is 2.25. The number of pyridine rings is 1. The lowest BCUT2D eigenvalue weighted by Gasteiger charge is -2.20. The van der Waals surface area contributed by atoms with Crippen LogP contribution < -0.4 is 5.32 Å².